The first-order valence-corrected chi connectivity index (χ1v) is 6.77. The fourth-order valence-corrected chi connectivity index (χ4v) is 2.20. The van der Waals surface area contributed by atoms with Crippen molar-refractivity contribution in [3.63, 3.8) is 0 Å². The summed E-state index contributed by atoms with van der Waals surface area (Å²) in [5, 5.41) is 0. The van der Waals surface area contributed by atoms with E-state index in [0.717, 1.165) is 24.0 Å². The van der Waals surface area contributed by atoms with Gasteiger partial charge in [-0.2, -0.15) is 0 Å². The molecule has 2 aromatic rings. The molecular weight excluding hydrogens is 224 g/mol. The molecule has 86 valence electrons. The quantitative estimate of drug-likeness (QED) is 0.854. The number of aryl methyl sites for hydroxylation is 1. The van der Waals surface area contributed by atoms with Crippen LogP contribution < -0.4 is 5.73 Å². The molecule has 0 radical (unpaired) electrons. The Kier molecular flexibility index (Phi) is 3.19. The summed E-state index contributed by atoms with van der Waals surface area (Å²) in [5.74, 6) is 1.18. The van der Waals surface area contributed by atoms with E-state index in [9.17, 15) is 4.21 Å². The number of anilines is 1. The molecule has 6 heteroatoms. The number of imidazole rings is 1. The van der Waals surface area contributed by atoms with Crippen molar-refractivity contribution < 1.29 is 4.21 Å². The standard InChI is InChI=1S/C10H14N4OS/c1-16(15)6-2-5-14-9-3-4-12-7-8(9)13-10(14)11/h3-4,7H,2,5-6H2,1H3,(H2,11,13). The van der Waals surface area contributed by atoms with Crippen LogP contribution in [-0.4, -0.2) is 30.8 Å². The molecule has 16 heavy (non-hydrogen) atoms. The third kappa shape index (κ3) is 2.21. The van der Waals surface area contributed by atoms with Crippen LogP contribution in [0.3, 0.4) is 0 Å². The molecular formula is C10H14N4OS. The van der Waals surface area contributed by atoms with Gasteiger partial charge in [0.2, 0.25) is 5.95 Å². The summed E-state index contributed by atoms with van der Waals surface area (Å²) in [6, 6.07) is 1.89. The third-order valence-corrected chi connectivity index (χ3v) is 3.26. The van der Waals surface area contributed by atoms with Crippen LogP contribution in [0.15, 0.2) is 18.5 Å². The molecule has 0 aromatic carbocycles. The van der Waals surface area contributed by atoms with Gasteiger partial charge in [0, 0.05) is 35.5 Å². The lowest BCUT2D eigenvalue weighted by Gasteiger charge is -2.04. The van der Waals surface area contributed by atoms with Gasteiger partial charge in [-0.3, -0.25) is 9.19 Å². The zero-order valence-corrected chi connectivity index (χ0v) is 9.91. The van der Waals surface area contributed by atoms with Gasteiger partial charge in [0.25, 0.3) is 0 Å². The second-order valence-electron chi connectivity index (χ2n) is 3.62. The summed E-state index contributed by atoms with van der Waals surface area (Å²) in [5.41, 5.74) is 7.60. The molecule has 0 aliphatic carbocycles. The number of fused-ring (bicyclic) bond motifs is 1. The summed E-state index contributed by atoms with van der Waals surface area (Å²) < 4.78 is 12.9. The number of nitrogen functional groups attached to an aromatic ring is 1. The van der Waals surface area contributed by atoms with Crippen molar-refractivity contribution in [1.29, 1.82) is 0 Å². The Balaban J connectivity index is 2.22. The molecule has 0 bridgehead atoms. The Morgan fingerprint density at radius 3 is 3.12 bits per heavy atom. The first-order valence-electron chi connectivity index (χ1n) is 5.04. The monoisotopic (exact) mass is 238 g/mol. The summed E-state index contributed by atoms with van der Waals surface area (Å²) >= 11 is 0. The predicted molar refractivity (Wildman–Crippen MR) is 65.5 cm³/mol. The minimum Gasteiger partial charge on any atom is -0.369 e. The van der Waals surface area contributed by atoms with Crippen LogP contribution in [0.25, 0.3) is 11.0 Å². The molecule has 2 rings (SSSR count). The Hall–Kier alpha value is -1.43. The molecule has 0 aliphatic rings. The van der Waals surface area contributed by atoms with E-state index in [1.807, 2.05) is 10.6 Å². The van der Waals surface area contributed by atoms with Gasteiger partial charge in [0.05, 0.1) is 11.7 Å². The number of aromatic nitrogens is 3. The van der Waals surface area contributed by atoms with Crippen LogP contribution in [0, 0.1) is 0 Å². The highest BCUT2D eigenvalue weighted by Crippen LogP contribution is 2.16. The molecule has 5 nitrogen and oxygen atoms in total. The molecule has 2 aromatic heterocycles. The lowest BCUT2D eigenvalue weighted by molar-refractivity contribution is 0.671. The van der Waals surface area contributed by atoms with E-state index in [2.05, 4.69) is 9.97 Å². The Labute approximate surface area is 96.1 Å². The zero-order chi connectivity index (χ0) is 11.5. The number of hydrogen-bond acceptors (Lipinski definition) is 4. The topological polar surface area (TPSA) is 73.8 Å². The van der Waals surface area contributed by atoms with E-state index >= 15 is 0 Å². The molecule has 2 heterocycles. The second kappa shape index (κ2) is 4.61. The largest absolute Gasteiger partial charge is 0.369 e. The van der Waals surface area contributed by atoms with E-state index in [4.69, 9.17) is 5.73 Å². The SMILES string of the molecule is CS(=O)CCCn1c(N)nc2cnccc21. The van der Waals surface area contributed by atoms with Gasteiger partial charge in [-0.05, 0) is 12.5 Å². The van der Waals surface area contributed by atoms with E-state index in [-0.39, 0.29) is 0 Å². The van der Waals surface area contributed by atoms with Gasteiger partial charge in [0.15, 0.2) is 0 Å². The maximum atomic E-state index is 11.0. The van der Waals surface area contributed by atoms with Crippen molar-refractivity contribution in [3.05, 3.63) is 18.5 Å². The van der Waals surface area contributed by atoms with Crippen LogP contribution in [-0.2, 0) is 17.3 Å². The number of rotatable bonds is 4. The molecule has 0 spiro atoms. The molecule has 0 fully saturated rings. The van der Waals surface area contributed by atoms with Crippen LogP contribution in [0.1, 0.15) is 6.42 Å². The van der Waals surface area contributed by atoms with Crippen molar-refractivity contribution in [2.45, 2.75) is 13.0 Å². The van der Waals surface area contributed by atoms with Crippen molar-refractivity contribution in [2.24, 2.45) is 0 Å². The Morgan fingerprint density at radius 1 is 1.56 bits per heavy atom. The predicted octanol–water partition coefficient (Wildman–Crippen LogP) is 0.782. The maximum absolute atomic E-state index is 11.0. The van der Waals surface area contributed by atoms with Gasteiger partial charge in [-0.1, -0.05) is 0 Å². The van der Waals surface area contributed by atoms with Gasteiger partial charge in [0.1, 0.15) is 5.52 Å². The summed E-state index contributed by atoms with van der Waals surface area (Å²) in [6.45, 7) is 0.742. The molecule has 0 saturated carbocycles. The van der Waals surface area contributed by atoms with E-state index in [0.29, 0.717) is 11.7 Å². The fourth-order valence-electron chi connectivity index (χ4n) is 1.66. The van der Waals surface area contributed by atoms with Crippen molar-refractivity contribution in [1.82, 2.24) is 14.5 Å². The maximum Gasteiger partial charge on any atom is 0.201 e. The van der Waals surface area contributed by atoms with Crippen molar-refractivity contribution in [2.75, 3.05) is 17.7 Å². The van der Waals surface area contributed by atoms with Gasteiger partial charge in [-0.15, -0.1) is 0 Å². The second-order valence-corrected chi connectivity index (χ2v) is 5.17. The summed E-state index contributed by atoms with van der Waals surface area (Å²) in [6.07, 6.45) is 5.96. The number of hydrogen-bond donors (Lipinski definition) is 1. The summed E-state index contributed by atoms with van der Waals surface area (Å²) in [7, 11) is -0.754. The zero-order valence-electron chi connectivity index (χ0n) is 9.09. The van der Waals surface area contributed by atoms with Gasteiger partial charge < -0.3 is 10.3 Å². The highest BCUT2D eigenvalue weighted by molar-refractivity contribution is 7.84. The highest BCUT2D eigenvalue weighted by Gasteiger charge is 2.07. The Bertz CT molecular complexity index is 523. The minimum atomic E-state index is -0.754. The third-order valence-electron chi connectivity index (χ3n) is 2.39. The molecule has 2 N–H and O–H groups in total. The normalized spacial score (nSPS) is 13.1. The lowest BCUT2D eigenvalue weighted by Crippen LogP contribution is -2.06. The number of nitrogens with two attached hydrogens (primary N) is 1. The van der Waals surface area contributed by atoms with Crippen molar-refractivity contribution >= 4 is 27.8 Å². The van der Waals surface area contributed by atoms with Crippen LogP contribution in [0.5, 0.6) is 0 Å². The van der Waals surface area contributed by atoms with Crippen molar-refractivity contribution in [3.8, 4) is 0 Å². The fraction of sp³-hybridized carbons (Fsp3) is 0.400. The average molecular weight is 238 g/mol. The first-order chi connectivity index (χ1) is 7.68. The molecule has 0 amide bonds. The molecule has 1 atom stereocenters. The van der Waals surface area contributed by atoms with Gasteiger partial charge in [-0.25, -0.2) is 4.98 Å². The van der Waals surface area contributed by atoms with Crippen LogP contribution >= 0.6 is 0 Å². The minimum absolute atomic E-state index is 0.491. The Morgan fingerprint density at radius 2 is 2.38 bits per heavy atom. The molecule has 0 aliphatic heterocycles. The lowest BCUT2D eigenvalue weighted by atomic mass is 10.4. The van der Waals surface area contributed by atoms with Crippen LogP contribution in [0.2, 0.25) is 0 Å². The van der Waals surface area contributed by atoms with Crippen LogP contribution in [0.4, 0.5) is 5.95 Å². The van der Waals surface area contributed by atoms with E-state index in [1.54, 1.807) is 18.6 Å². The number of nitrogens with zero attached hydrogens (tertiary/aromatic N) is 3. The van der Waals surface area contributed by atoms with Gasteiger partial charge >= 0.3 is 0 Å². The number of pyridine rings is 1. The molecule has 1 unspecified atom stereocenters. The smallest absolute Gasteiger partial charge is 0.201 e. The van der Waals surface area contributed by atoms with E-state index in [1.165, 1.54) is 0 Å². The first kappa shape index (κ1) is 11.1. The summed E-state index contributed by atoms with van der Waals surface area (Å²) in [4.78, 5) is 8.21. The van der Waals surface area contributed by atoms with E-state index < -0.39 is 10.8 Å². The average Bonchev–Trinajstić information content (AvgIpc) is 2.55. The highest BCUT2D eigenvalue weighted by atomic mass is 32.2. The molecule has 0 saturated heterocycles.